The second-order valence-corrected chi connectivity index (χ2v) is 7.40. The first-order valence-electron chi connectivity index (χ1n) is 6.95. The van der Waals surface area contributed by atoms with Gasteiger partial charge >= 0.3 is 5.97 Å². The summed E-state index contributed by atoms with van der Waals surface area (Å²) in [6.07, 6.45) is -0.556. The Hall–Kier alpha value is -1.71. The summed E-state index contributed by atoms with van der Waals surface area (Å²) in [4.78, 5) is 11.9. The van der Waals surface area contributed by atoms with Crippen molar-refractivity contribution >= 4 is 16.2 Å². The van der Waals surface area contributed by atoms with Crippen molar-refractivity contribution in [2.45, 2.75) is 18.6 Å². The van der Waals surface area contributed by atoms with Gasteiger partial charge in [-0.3, -0.25) is 4.79 Å². The minimum atomic E-state index is -3.82. The third kappa shape index (κ3) is 3.62. The maximum absolute atomic E-state index is 13.7. The third-order valence-electron chi connectivity index (χ3n) is 3.58. The number of halogens is 1. The van der Waals surface area contributed by atoms with E-state index in [1.54, 1.807) is 6.07 Å². The van der Waals surface area contributed by atoms with Crippen LogP contribution in [0.4, 0.5) is 4.39 Å². The molecule has 9 heteroatoms. The maximum Gasteiger partial charge on any atom is 0.324 e. The molecule has 1 aliphatic heterocycles. The van der Waals surface area contributed by atoms with Gasteiger partial charge < -0.3 is 9.47 Å². The number of nitrogens with zero attached hydrogens (tertiary/aromatic N) is 2. The molecule has 0 aliphatic carbocycles. The second-order valence-electron chi connectivity index (χ2n) is 5.30. The molecular weight excluding hydrogens is 327 g/mol. The van der Waals surface area contributed by atoms with Crippen molar-refractivity contribution in [3.05, 3.63) is 30.1 Å². The van der Waals surface area contributed by atoms with Crippen LogP contribution in [0.2, 0.25) is 0 Å². The molecule has 2 rings (SSSR count). The lowest BCUT2D eigenvalue weighted by Crippen LogP contribution is -2.46. The molecule has 0 radical (unpaired) electrons. The SMILES string of the molecule is COC(=O)[C@@H]1C[C@H](Oc2ccccc2F)CN1S(=O)(=O)N(C)C. The lowest BCUT2D eigenvalue weighted by molar-refractivity contribution is -0.144. The molecule has 1 aromatic carbocycles. The number of para-hydroxylation sites is 1. The van der Waals surface area contributed by atoms with Gasteiger partial charge in [0, 0.05) is 20.5 Å². The fourth-order valence-electron chi connectivity index (χ4n) is 2.39. The number of hydrogen-bond donors (Lipinski definition) is 0. The van der Waals surface area contributed by atoms with E-state index >= 15 is 0 Å². The van der Waals surface area contributed by atoms with E-state index in [-0.39, 0.29) is 18.7 Å². The Morgan fingerprint density at radius 2 is 2.00 bits per heavy atom. The quantitative estimate of drug-likeness (QED) is 0.731. The molecule has 0 amide bonds. The summed E-state index contributed by atoms with van der Waals surface area (Å²) in [5.74, 6) is -1.20. The van der Waals surface area contributed by atoms with Gasteiger partial charge in [0.25, 0.3) is 10.2 Å². The molecule has 0 N–H and O–H groups in total. The van der Waals surface area contributed by atoms with Crippen LogP contribution in [0.1, 0.15) is 6.42 Å². The lowest BCUT2D eigenvalue weighted by Gasteiger charge is -2.24. The highest BCUT2D eigenvalue weighted by atomic mass is 32.2. The third-order valence-corrected chi connectivity index (χ3v) is 5.50. The van der Waals surface area contributed by atoms with Gasteiger partial charge in [-0.25, -0.2) is 4.39 Å². The predicted octanol–water partition coefficient (Wildman–Crippen LogP) is 0.627. The summed E-state index contributed by atoms with van der Waals surface area (Å²) in [7, 11) is 0.104. The van der Waals surface area contributed by atoms with E-state index in [4.69, 9.17) is 4.74 Å². The molecule has 23 heavy (non-hydrogen) atoms. The number of ether oxygens (including phenoxy) is 2. The molecule has 1 aliphatic rings. The molecule has 1 heterocycles. The van der Waals surface area contributed by atoms with Gasteiger partial charge in [0.15, 0.2) is 11.6 Å². The Kier molecular flexibility index (Phi) is 5.23. The molecule has 128 valence electrons. The maximum atomic E-state index is 13.7. The minimum absolute atomic E-state index is 0.0187. The van der Waals surface area contributed by atoms with Crippen LogP contribution in [0.25, 0.3) is 0 Å². The molecular formula is C14H19FN2O5S. The van der Waals surface area contributed by atoms with Crippen LogP contribution in [0.15, 0.2) is 24.3 Å². The van der Waals surface area contributed by atoms with E-state index in [1.165, 1.54) is 39.4 Å². The standard InChI is InChI=1S/C14H19FN2O5S/c1-16(2)23(19,20)17-9-10(8-12(17)14(18)21-3)22-13-7-5-4-6-11(13)15/h4-7,10,12H,8-9H2,1-3H3/t10-,12-/m0/s1. The Morgan fingerprint density at radius 3 is 2.57 bits per heavy atom. The summed E-state index contributed by atoms with van der Waals surface area (Å²) >= 11 is 0. The van der Waals surface area contributed by atoms with Crippen LogP contribution >= 0.6 is 0 Å². The van der Waals surface area contributed by atoms with Crippen molar-refractivity contribution < 1.29 is 27.1 Å². The lowest BCUT2D eigenvalue weighted by atomic mass is 10.2. The molecule has 0 unspecified atom stereocenters. The van der Waals surface area contributed by atoms with Crippen LogP contribution in [0.5, 0.6) is 5.75 Å². The molecule has 0 saturated carbocycles. The van der Waals surface area contributed by atoms with Crippen LogP contribution in [-0.2, 0) is 19.7 Å². The average Bonchev–Trinajstić information content (AvgIpc) is 2.93. The van der Waals surface area contributed by atoms with E-state index in [9.17, 15) is 17.6 Å². The summed E-state index contributed by atoms with van der Waals surface area (Å²) in [5, 5.41) is 0. The van der Waals surface area contributed by atoms with E-state index in [1.807, 2.05) is 0 Å². The fraction of sp³-hybridized carbons (Fsp3) is 0.500. The first-order chi connectivity index (χ1) is 10.8. The van der Waals surface area contributed by atoms with E-state index < -0.39 is 34.1 Å². The van der Waals surface area contributed by atoms with Crippen LogP contribution in [0.3, 0.4) is 0 Å². The fourth-order valence-corrected chi connectivity index (χ4v) is 3.66. The van der Waals surface area contributed by atoms with Crippen molar-refractivity contribution in [1.29, 1.82) is 0 Å². The van der Waals surface area contributed by atoms with Gasteiger partial charge in [-0.15, -0.1) is 0 Å². The molecule has 0 aromatic heterocycles. The zero-order valence-electron chi connectivity index (χ0n) is 13.1. The van der Waals surface area contributed by atoms with Gasteiger partial charge in [-0.1, -0.05) is 12.1 Å². The summed E-state index contributed by atoms with van der Waals surface area (Å²) < 4.78 is 50.6. The van der Waals surface area contributed by atoms with E-state index in [0.29, 0.717) is 0 Å². The Bertz CT molecular complexity index is 680. The smallest absolute Gasteiger partial charge is 0.324 e. The first-order valence-corrected chi connectivity index (χ1v) is 8.35. The number of benzene rings is 1. The minimum Gasteiger partial charge on any atom is -0.486 e. The highest BCUT2D eigenvalue weighted by molar-refractivity contribution is 7.86. The van der Waals surface area contributed by atoms with Gasteiger partial charge in [0.2, 0.25) is 0 Å². The normalized spacial score (nSPS) is 22.3. The molecule has 0 bridgehead atoms. The van der Waals surface area contributed by atoms with E-state index in [0.717, 1.165) is 8.61 Å². The summed E-state index contributed by atoms with van der Waals surface area (Å²) in [6, 6.07) is 4.84. The Morgan fingerprint density at radius 1 is 1.35 bits per heavy atom. The first kappa shape index (κ1) is 17.6. The number of hydrogen-bond acceptors (Lipinski definition) is 5. The number of carbonyl (C=O) groups is 1. The zero-order chi connectivity index (χ0) is 17.2. The summed E-state index contributed by atoms with van der Waals surface area (Å²) in [6.45, 7) is -0.0609. The number of rotatable bonds is 5. The topological polar surface area (TPSA) is 76.1 Å². The largest absolute Gasteiger partial charge is 0.486 e. The van der Waals surface area contributed by atoms with Gasteiger partial charge in [0.05, 0.1) is 13.7 Å². The van der Waals surface area contributed by atoms with Crippen LogP contribution in [-0.4, -0.2) is 62.9 Å². The zero-order valence-corrected chi connectivity index (χ0v) is 13.9. The monoisotopic (exact) mass is 346 g/mol. The molecule has 7 nitrogen and oxygen atoms in total. The van der Waals surface area contributed by atoms with Gasteiger partial charge in [-0.2, -0.15) is 17.0 Å². The second kappa shape index (κ2) is 6.81. The molecule has 1 fully saturated rings. The van der Waals surface area contributed by atoms with Gasteiger partial charge in [0.1, 0.15) is 12.1 Å². The number of esters is 1. The van der Waals surface area contributed by atoms with Crippen molar-refractivity contribution in [2.24, 2.45) is 0 Å². The molecule has 1 aromatic rings. The molecule has 2 atom stereocenters. The predicted molar refractivity (Wildman–Crippen MR) is 80.5 cm³/mol. The number of methoxy groups -OCH3 is 1. The molecule has 0 spiro atoms. The highest BCUT2D eigenvalue weighted by Gasteiger charge is 2.46. The van der Waals surface area contributed by atoms with Crippen molar-refractivity contribution in [2.75, 3.05) is 27.7 Å². The van der Waals surface area contributed by atoms with E-state index in [2.05, 4.69) is 4.74 Å². The Labute approximate surface area is 134 Å². The van der Waals surface area contributed by atoms with Crippen molar-refractivity contribution in [3.63, 3.8) is 0 Å². The van der Waals surface area contributed by atoms with Crippen LogP contribution in [0, 0.1) is 5.82 Å². The number of carbonyl (C=O) groups excluding carboxylic acids is 1. The van der Waals surface area contributed by atoms with Crippen LogP contribution < -0.4 is 4.74 Å². The summed E-state index contributed by atoms with van der Waals surface area (Å²) in [5.41, 5.74) is 0. The van der Waals surface area contributed by atoms with Crippen molar-refractivity contribution in [1.82, 2.24) is 8.61 Å². The Balaban J connectivity index is 2.23. The van der Waals surface area contributed by atoms with Crippen molar-refractivity contribution in [3.8, 4) is 5.75 Å². The average molecular weight is 346 g/mol. The van der Waals surface area contributed by atoms with Gasteiger partial charge in [-0.05, 0) is 12.1 Å². The molecule has 1 saturated heterocycles. The highest BCUT2D eigenvalue weighted by Crippen LogP contribution is 2.28.